The summed E-state index contributed by atoms with van der Waals surface area (Å²) < 4.78 is 2.31. The Labute approximate surface area is 215 Å². The molecule has 0 atom stereocenters. The fourth-order valence-electron chi connectivity index (χ4n) is 4.91. The van der Waals surface area contributed by atoms with Crippen LogP contribution in [0.1, 0.15) is 55.1 Å². The van der Waals surface area contributed by atoms with Gasteiger partial charge in [-0.1, -0.05) is 91.2 Å². The van der Waals surface area contributed by atoms with E-state index in [0.29, 0.717) is 11.1 Å². The first-order valence-corrected chi connectivity index (χ1v) is 13.5. The highest BCUT2D eigenvalue weighted by molar-refractivity contribution is 7.99. The minimum atomic E-state index is -0.0748. The van der Waals surface area contributed by atoms with Gasteiger partial charge in [0.15, 0.2) is 5.16 Å². The number of carbonyl (C=O) groups excluding carboxylic acids is 1. The first-order chi connectivity index (χ1) is 17.1. The van der Waals surface area contributed by atoms with Crippen molar-refractivity contribution in [1.29, 1.82) is 0 Å². The minimum absolute atomic E-state index is 0.0748. The molecule has 1 amide bonds. The Kier molecular flexibility index (Phi) is 7.40. The summed E-state index contributed by atoms with van der Waals surface area (Å²) in [6.45, 7) is 1.91. The number of nitrogens with one attached hydrogen (secondary N) is 1. The van der Waals surface area contributed by atoms with Crippen LogP contribution in [0.4, 0.5) is 5.69 Å². The first kappa shape index (κ1) is 23.9. The molecular weight excluding hydrogens is 476 g/mol. The standard InChI is InChI=1S/C28H29ClN4OS/c1-19-24(29)15-8-16-25(19)30-27(34)18-35-28-32-31-26(33(28)22-12-3-2-4-13-22)17-21-11-7-10-20-9-5-6-14-23(20)21/h5-11,14-16,22H,2-4,12-13,17-18H2,1H3,(H,30,34). The second kappa shape index (κ2) is 10.8. The predicted molar refractivity (Wildman–Crippen MR) is 144 cm³/mol. The Morgan fingerprint density at radius 2 is 1.80 bits per heavy atom. The van der Waals surface area contributed by atoms with Crippen LogP contribution in [-0.2, 0) is 11.2 Å². The zero-order chi connectivity index (χ0) is 24.2. The van der Waals surface area contributed by atoms with Gasteiger partial charge in [0.2, 0.25) is 5.91 Å². The number of hydrogen-bond acceptors (Lipinski definition) is 4. The van der Waals surface area contributed by atoms with Gasteiger partial charge in [-0.25, -0.2) is 0 Å². The zero-order valence-corrected chi connectivity index (χ0v) is 21.4. The maximum absolute atomic E-state index is 12.7. The molecule has 0 saturated heterocycles. The van der Waals surface area contributed by atoms with Crippen LogP contribution >= 0.6 is 23.4 Å². The third kappa shape index (κ3) is 5.39. The second-order valence-electron chi connectivity index (χ2n) is 9.12. The molecule has 0 unspecified atom stereocenters. The lowest BCUT2D eigenvalue weighted by Crippen LogP contribution is -2.18. The van der Waals surface area contributed by atoms with Crippen molar-refractivity contribution in [3.63, 3.8) is 0 Å². The summed E-state index contributed by atoms with van der Waals surface area (Å²) in [5.74, 6) is 1.17. The van der Waals surface area contributed by atoms with Crippen molar-refractivity contribution in [1.82, 2.24) is 14.8 Å². The quantitative estimate of drug-likeness (QED) is 0.270. The Balaban J connectivity index is 1.37. The molecular formula is C28H29ClN4OS. The molecule has 0 aliphatic heterocycles. The van der Waals surface area contributed by atoms with Crippen LogP contribution in [0.3, 0.4) is 0 Å². The van der Waals surface area contributed by atoms with Crippen LogP contribution in [0.15, 0.2) is 65.8 Å². The molecule has 1 aliphatic carbocycles. The van der Waals surface area contributed by atoms with Crippen molar-refractivity contribution in [3.05, 3.63) is 82.6 Å². The lowest BCUT2D eigenvalue weighted by Gasteiger charge is -2.25. The highest BCUT2D eigenvalue weighted by atomic mass is 35.5. The number of carbonyl (C=O) groups is 1. The van der Waals surface area contributed by atoms with E-state index in [4.69, 9.17) is 11.6 Å². The molecule has 1 aliphatic rings. The summed E-state index contributed by atoms with van der Waals surface area (Å²) in [7, 11) is 0. The van der Waals surface area contributed by atoms with E-state index < -0.39 is 0 Å². The number of anilines is 1. The Morgan fingerprint density at radius 1 is 1.03 bits per heavy atom. The Morgan fingerprint density at radius 3 is 2.66 bits per heavy atom. The molecule has 1 saturated carbocycles. The van der Waals surface area contributed by atoms with E-state index in [1.807, 2.05) is 25.1 Å². The minimum Gasteiger partial charge on any atom is -0.325 e. The van der Waals surface area contributed by atoms with Gasteiger partial charge in [0, 0.05) is 23.2 Å². The smallest absolute Gasteiger partial charge is 0.234 e. The van der Waals surface area contributed by atoms with Gasteiger partial charge in [-0.2, -0.15) is 0 Å². The largest absolute Gasteiger partial charge is 0.325 e. The number of amides is 1. The number of benzene rings is 3. The monoisotopic (exact) mass is 504 g/mol. The lowest BCUT2D eigenvalue weighted by atomic mass is 9.95. The average Bonchev–Trinajstić information content (AvgIpc) is 3.28. The van der Waals surface area contributed by atoms with Crippen LogP contribution in [0, 0.1) is 6.92 Å². The van der Waals surface area contributed by atoms with E-state index in [-0.39, 0.29) is 11.7 Å². The summed E-state index contributed by atoms with van der Waals surface area (Å²) in [5.41, 5.74) is 2.86. The summed E-state index contributed by atoms with van der Waals surface area (Å²) in [4.78, 5) is 12.7. The van der Waals surface area contributed by atoms with Crippen LogP contribution in [-0.4, -0.2) is 26.4 Å². The number of nitrogens with zero attached hydrogens (tertiary/aromatic N) is 3. The van der Waals surface area contributed by atoms with Crippen molar-refractivity contribution in [2.24, 2.45) is 0 Å². The maximum Gasteiger partial charge on any atom is 0.234 e. The molecule has 3 aromatic carbocycles. The lowest BCUT2D eigenvalue weighted by molar-refractivity contribution is -0.113. The maximum atomic E-state index is 12.7. The molecule has 5 nitrogen and oxygen atoms in total. The van der Waals surface area contributed by atoms with Crippen molar-refractivity contribution in [2.45, 2.75) is 56.6 Å². The van der Waals surface area contributed by atoms with Gasteiger partial charge in [-0.15, -0.1) is 10.2 Å². The Bertz CT molecular complexity index is 1340. The van der Waals surface area contributed by atoms with E-state index in [9.17, 15) is 4.79 Å². The molecule has 1 N–H and O–H groups in total. The topological polar surface area (TPSA) is 59.8 Å². The van der Waals surface area contributed by atoms with E-state index in [1.165, 1.54) is 47.4 Å². The summed E-state index contributed by atoms with van der Waals surface area (Å²) in [5, 5.41) is 16.1. The fraction of sp³-hybridized carbons (Fsp3) is 0.321. The van der Waals surface area contributed by atoms with Gasteiger partial charge in [-0.05, 0) is 53.8 Å². The molecule has 5 rings (SSSR count). The molecule has 35 heavy (non-hydrogen) atoms. The summed E-state index contributed by atoms with van der Waals surface area (Å²) in [6.07, 6.45) is 6.69. The molecule has 0 bridgehead atoms. The summed E-state index contributed by atoms with van der Waals surface area (Å²) in [6, 6.07) is 20.8. The highest BCUT2D eigenvalue weighted by Gasteiger charge is 2.24. The molecule has 0 spiro atoms. The molecule has 7 heteroatoms. The van der Waals surface area contributed by atoms with E-state index in [2.05, 4.69) is 62.5 Å². The van der Waals surface area contributed by atoms with Crippen LogP contribution in [0.5, 0.6) is 0 Å². The predicted octanol–water partition coefficient (Wildman–Crippen LogP) is 7.22. The van der Waals surface area contributed by atoms with E-state index in [0.717, 1.165) is 41.5 Å². The fourth-order valence-corrected chi connectivity index (χ4v) is 5.91. The molecule has 4 aromatic rings. The average molecular weight is 505 g/mol. The van der Waals surface area contributed by atoms with Crippen LogP contribution in [0.2, 0.25) is 5.02 Å². The van der Waals surface area contributed by atoms with Gasteiger partial charge >= 0.3 is 0 Å². The van der Waals surface area contributed by atoms with Crippen LogP contribution in [0.25, 0.3) is 10.8 Å². The second-order valence-corrected chi connectivity index (χ2v) is 10.5. The van der Waals surface area contributed by atoms with Crippen molar-refractivity contribution >= 4 is 45.7 Å². The molecule has 0 radical (unpaired) electrons. The van der Waals surface area contributed by atoms with Crippen molar-refractivity contribution < 1.29 is 4.79 Å². The summed E-state index contributed by atoms with van der Waals surface area (Å²) >= 11 is 7.66. The molecule has 180 valence electrons. The number of aromatic nitrogens is 3. The van der Waals surface area contributed by atoms with E-state index >= 15 is 0 Å². The number of halogens is 1. The SMILES string of the molecule is Cc1c(Cl)cccc1NC(=O)CSc1nnc(Cc2cccc3ccccc23)n1C1CCCCC1. The zero-order valence-electron chi connectivity index (χ0n) is 19.8. The Hall–Kier alpha value is -2.83. The molecule has 1 fully saturated rings. The normalized spacial score (nSPS) is 14.3. The number of thioether (sulfide) groups is 1. The first-order valence-electron chi connectivity index (χ1n) is 12.2. The highest BCUT2D eigenvalue weighted by Crippen LogP contribution is 2.34. The third-order valence-corrected chi connectivity index (χ3v) is 8.13. The molecule has 1 heterocycles. The van der Waals surface area contributed by atoms with E-state index in [1.54, 1.807) is 0 Å². The van der Waals surface area contributed by atoms with Gasteiger partial charge in [-0.3, -0.25) is 4.79 Å². The molecule has 1 aromatic heterocycles. The third-order valence-electron chi connectivity index (χ3n) is 6.78. The van der Waals surface area contributed by atoms with Gasteiger partial charge in [0.25, 0.3) is 0 Å². The van der Waals surface area contributed by atoms with Crippen molar-refractivity contribution in [2.75, 3.05) is 11.1 Å². The number of rotatable bonds is 7. The van der Waals surface area contributed by atoms with Gasteiger partial charge < -0.3 is 9.88 Å². The van der Waals surface area contributed by atoms with Crippen LogP contribution < -0.4 is 5.32 Å². The number of fused-ring (bicyclic) bond motifs is 1. The van der Waals surface area contributed by atoms with Gasteiger partial charge in [0.05, 0.1) is 5.75 Å². The van der Waals surface area contributed by atoms with Crippen molar-refractivity contribution in [3.8, 4) is 0 Å². The number of hydrogen-bond donors (Lipinski definition) is 1. The van der Waals surface area contributed by atoms with Gasteiger partial charge in [0.1, 0.15) is 5.82 Å².